The quantitative estimate of drug-likeness (QED) is 0.673. The second-order valence-electron chi connectivity index (χ2n) is 6.66. The molecule has 6 nitrogen and oxygen atoms in total. The highest BCUT2D eigenvalue weighted by Gasteiger charge is 2.46. The fourth-order valence-corrected chi connectivity index (χ4v) is 3.67. The number of thioether (sulfide) groups is 1. The number of carbonyl (C=O) groups is 1. The first-order valence-corrected chi connectivity index (χ1v) is 9.93. The molecule has 0 spiro atoms. The molecule has 2 aliphatic heterocycles. The molecule has 0 saturated carbocycles. The standard InChI is InChI=1S/C21H15F3N4O2S/c1-12(14-5-3-2-4-6-14)30-15-9-7-13(8-10-15)11-16-17(25)28-20(26-18(16)29)31-19(27-28)21(22,23)24/h2-12,25H,1H3/b16-11-,25-17?/t12-/m0/s1. The SMILES string of the molecule is C[C@H](Oc1ccc(/C=C2/C(=N)N3N=C(C(F)(F)F)SC3=NC2=O)cc1)c1ccccc1. The average Bonchev–Trinajstić information content (AvgIpc) is 3.18. The molecule has 2 aliphatic rings. The third-order valence-electron chi connectivity index (χ3n) is 4.47. The Morgan fingerprint density at radius 3 is 2.45 bits per heavy atom. The number of carbonyl (C=O) groups excluding carboxylic acids is 1. The van der Waals surface area contributed by atoms with Gasteiger partial charge in [0.1, 0.15) is 11.9 Å². The van der Waals surface area contributed by atoms with Crippen molar-refractivity contribution in [3.8, 4) is 5.75 Å². The van der Waals surface area contributed by atoms with E-state index in [1.165, 1.54) is 6.08 Å². The summed E-state index contributed by atoms with van der Waals surface area (Å²) in [5, 5.41) is 10.8. The van der Waals surface area contributed by atoms with Gasteiger partial charge in [-0.15, -0.1) is 0 Å². The van der Waals surface area contributed by atoms with Crippen molar-refractivity contribution in [2.75, 3.05) is 0 Å². The summed E-state index contributed by atoms with van der Waals surface area (Å²) in [5.74, 6) is -0.639. The van der Waals surface area contributed by atoms with Gasteiger partial charge in [0.2, 0.25) is 10.2 Å². The third kappa shape index (κ3) is 4.38. The van der Waals surface area contributed by atoms with Crippen LogP contribution in [0.2, 0.25) is 0 Å². The number of hydrogen-bond donors (Lipinski definition) is 1. The van der Waals surface area contributed by atoms with Gasteiger partial charge in [-0.1, -0.05) is 42.5 Å². The van der Waals surface area contributed by atoms with Gasteiger partial charge in [-0.05, 0) is 48.0 Å². The summed E-state index contributed by atoms with van der Waals surface area (Å²) in [6.07, 6.45) is -3.45. The average molecular weight is 444 g/mol. The van der Waals surface area contributed by atoms with E-state index >= 15 is 0 Å². The molecular weight excluding hydrogens is 429 g/mol. The van der Waals surface area contributed by atoms with Crippen LogP contribution in [0, 0.1) is 5.41 Å². The largest absolute Gasteiger partial charge is 0.486 e. The molecule has 0 aromatic heterocycles. The highest BCUT2D eigenvalue weighted by Crippen LogP contribution is 2.35. The van der Waals surface area contributed by atoms with E-state index in [9.17, 15) is 18.0 Å². The molecule has 1 N–H and O–H groups in total. The van der Waals surface area contributed by atoms with Crippen molar-refractivity contribution in [2.24, 2.45) is 10.1 Å². The number of rotatable bonds is 4. The molecule has 31 heavy (non-hydrogen) atoms. The lowest BCUT2D eigenvalue weighted by Gasteiger charge is -2.20. The molecule has 2 heterocycles. The number of hydrazone groups is 1. The van der Waals surface area contributed by atoms with Crippen molar-refractivity contribution in [1.82, 2.24) is 5.01 Å². The number of hydrogen-bond acceptors (Lipinski definition) is 5. The zero-order valence-corrected chi connectivity index (χ0v) is 16.9. The van der Waals surface area contributed by atoms with Crippen LogP contribution in [-0.4, -0.2) is 33.1 Å². The Balaban J connectivity index is 1.52. The zero-order chi connectivity index (χ0) is 22.2. The number of ether oxygens (including phenoxy) is 1. The molecule has 158 valence electrons. The van der Waals surface area contributed by atoms with E-state index in [-0.39, 0.29) is 28.6 Å². The fraction of sp³-hybridized carbons (Fsp3) is 0.143. The molecule has 4 rings (SSSR count). The van der Waals surface area contributed by atoms with Gasteiger partial charge in [-0.3, -0.25) is 10.2 Å². The Morgan fingerprint density at radius 1 is 1.13 bits per heavy atom. The number of alkyl halides is 3. The van der Waals surface area contributed by atoms with Crippen LogP contribution in [0.3, 0.4) is 0 Å². The van der Waals surface area contributed by atoms with Gasteiger partial charge in [0.25, 0.3) is 5.91 Å². The molecule has 0 saturated heterocycles. The summed E-state index contributed by atoms with van der Waals surface area (Å²) in [6, 6.07) is 16.5. The van der Waals surface area contributed by atoms with Crippen molar-refractivity contribution >= 4 is 39.8 Å². The molecule has 1 amide bonds. The van der Waals surface area contributed by atoms with Gasteiger partial charge < -0.3 is 4.74 Å². The van der Waals surface area contributed by atoms with Crippen LogP contribution in [-0.2, 0) is 4.79 Å². The van der Waals surface area contributed by atoms with Crippen LogP contribution in [0.15, 0.2) is 70.3 Å². The molecule has 2 aromatic carbocycles. The number of amides is 1. The van der Waals surface area contributed by atoms with Gasteiger partial charge in [0.05, 0.1) is 5.57 Å². The van der Waals surface area contributed by atoms with Gasteiger partial charge >= 0.3 is 6.18 Å². The number of nitrogens with zero attached hydrogens (tertiary/aromatic N) is 3. The lowest BCUT2D eigenvalue weighted by Crippen LogP contribution is -2.35. The smallest absolute Gasteiger partial charge is 0.441 e. The number of halogens is 3. The maximum atomic E-state index is 12.9. The summed E-state index contributed by atoms with van der Waals surface area (Å²) >= 11 is 0.219. The number of fused-ring (bicyclic) bond motifs is 1. The first-order chi connectivity index (χ1) is 14.7. The van der Waals surface area contributed by atoms with Crippen LogP contribution in [0.25, 0.3) is 6.08 Å². The lowest BCUT2D eigenvalue weighted by molar-refractivity contribution is -0.114. The fourth-order valence-electron chi connectivity index (χ4n) is 2.91. The third-order valence-corrected chi connectivity index (χ3v) is 5.42. The Bertz CT molecular complexity index is 1130. The van der Waals surface area contributed by atoms with E-state index in [0.29, 0.717) is 11.3 Å². The summed E-state index contributed by atoms with van der Waals surface area (Å²) in [7, 11) is 0. The van der Waals surface area contributed by atoms with Crippen molar-refractivity contribution in [3.05, 3.63) is 71.3 Å². The molecule has 0 fully saturated rings. The number of benzene rings is 2. The zero-order valence-electron chi connectivity index (χ0n) is 16.1. The first kappa shape index (κ1) is 20.9. The van der Waals surface area contributed by atoms with E-state index in [2.05, 4.69) is 10.1 Å². The summed E-state index contributed by atoms with van der Waals surface area (Å²) < 4.78 is 44.6. The van der Waals surface area contributed by atoms with Gasteiger partial charge in [0.15, 0.2) is 5.84 Å². The Kier molecular flexibility index (Phi) is 5.40. The van der Waals surface area contributed by atoms with Crippen molar-refractivity contribution in [1.29, 1.82) is 5.41 Å². The van der Waals surface area contributed by atoms with E-state index in [4.69, 9.17) is 10.1 Å². The second kappa shape index (κ2) is 8.03. The molecule has 10 heteroatoms. The summed E-state index contributed by atoms with van der Waals surface area (Å²) in [6.45, 7) is 1.92. The Labute approximate surface area is 179 Å². The van der Waals surface area contributed by atoms with Crippen LogP contribution < -0.4 is 4.74 Å². The first-order valence-electron chi connectivity index (χ1n) is 9.11. The summed E-state index contributed by atoms with van der Waals surface area (Å²) in [5.41, 5.74) is 1.44. The molecule has 0 radical (unpaired) electrons. The van der Waals surface area contributed by atoms with Gasteiger partial charge in [-0.2, -0.15) is 28.3 Å². The van der Waals surface area contributed by atoms with Gasteiger partial charge in [-0.25, -0.2) is 0 Å². The highest BCUT2D eigenvalue weighted by molar-refractivity contribution is 8.27. The predicted molar refractivity (Wildman–Crippen MR) is 113 cm³/mol. The maximum absolute atomic E-state index is 12.9. The van der Waals surface area contributed by atoms with Crippen LogP contribution in [0.4, 0.5) is 13.2 Å². The van der Waals surface area contributed by atoms with Crippen molar-refractivity contribution in [2.45, 2.75) is 19.2 Å². The highest BCUT2D eigenvalue weighted by atomic mass is 32.2. The van der Waals surface area contributed by atoms with E-state index in [1.807, 2.05) is 37.3 Å². The number of nitrogens with one attached hydrogen (secondary N) is 1. The predicted octanol–water partition coefficient (Wildman–Crippen LogP) is 5.01. The molecule has 0 aliphatic carbocycles. The Morgan fingerprint density at radius 2 is 1.81 bits per heavy atom. The van der Waals surface area contributed by atoms with Crippen molar-refractivity contribution < 1.29 is 22.7 Å². The maximum Gasteiger partial charge on any atom is 0.441 e. The van der Waals surface area contributed by atoms with Crippen LogP contribution in [0.1, 0.15) is 24.2 Å². The molecular formula is C21H15F3N4O2S. The monoisotopic (exact) mass is 444 g/mol. The molecule has 0 unspecified atom stereocenters. The van der Waals surface area contributed by atoms with E-state index < -0.39 is 23.0 Å². The van der Waals surface area contributed by atoms with Crippen molar-refractivity contribution in [3.63, 3.8) is 0 Å². The molecule has 0 bridgehead atoms. The molecule has 1 atom stereocenters. The minimum absolute atomic E-state index is 0.150. The van der Waals surface area contributed by atoms with E-state index in [1.54, 1.807) is 24.3 Å². The lowest BCUT2D eigenvalue weighted by atomic mass is 10.1. The van der Waals surface area contributed by atoms with Crippen LogP contribution in [0.5, 0.6) is 5.75 Å². The topological polar surface area (TPSA) is 78.1 Å². The Hall–Kier alpha value is -3.40. The van der Waals surface area contributed by atoms with Gasteiger partial charge in [0, 0.05) is 0 Å². The molecule has 2 aromatic rings. The number of aliphatic imine (C=N–C) groups is 1. The minimum atomic E-state index is -4.68. The summed E-state index contributed by atoms with van der Waals surface area (Å²) in [4.78, 5) is 15.9. The van der Waals surface area contributed by atoms with Crippen LogP contribution >= 0.6 is 11.8 Å². The second-order valence-corrected chi connectivity index (χ2v) is 7.62. The minimum Gasteiger partial charge on any atom is -0.486 e. The number of amidine groups is 2. The van der Waals surface area contributed by atoms with E-state index in [0.717, 1.165) is 10.6 Å². The normalized spacial score (nSPS) is 18.6.